The zero-order valence-corrected chi connectivity index (χ0v) is 18.9. The van der Waals surface area contributed by atoms with E-state index in [1.54, 1.807) is 12.1 Å². The van der Waals surface area contributed by atoms with Crippen LogP contribution in [0.1, 0.15) is 16.9 Å². The molecule has 0 radical (unpaired) electrons. The molecule has 0 aliphatic heterocycles. The van der Waals surface area contributed by atoms with Gasteiger partial charge in [0.15, 0.2) is 0 Å². The quantitative estimate of drug-likeness (QED) is 0.434. The number of benzene rings is 3. The standard InChI is InChI=1S/C25H28F3N2P/c1-29(2)18-19-30(3)24(20-14-16-21(17-15-20)25(26,27)28)31(22-10-6-4-7-11-22)23-12-8-5-9-13-23/h4-17,24H,18-19H2,1-3H3. The zero-order chi connectivity index (χ0) is 22.4. The van der Waals surface area contributed by atoms with Gasteiger partial charge in [-0.15, -0.1) is 0 Å². The van der Waals surface area contributed by atoms with E-state index in [0.29, 0.717) is 0 Å². The fourth-order valence-electron chi connectivity index (χ4n) is 3.53. The molecule has 0 heterocycles. The van der Waals surface area contributed by atoms with Crippen LogP contribution in [0, 0.1) is 0 Å². The summed E-state index contributed by atoms with van der Waals surface area (Å²) in [6.07, 6.45) is -4.34. The average molecular weight is 444 g/mol. The lowest BCUT2D eigenvalue weighted by molar-refractivity contribution is -0.137. The summed E-state index contributed by atoms with van der Waals surface area (Å²) in [5, 5.41) is 2.40. The van der Waals surface area contributed by atoms with Crippen molar-refractivity contribution in [2.75, 3.05) is 34.2 Å². The smallest absolute Gasteiger partial charge is 0.308 e. The second-order valence-electron chi connectivity index (χ2n) is 7.82. The van der Waals surface area contributed by atoms with E-state index in [4.69, 9.17) is 0 Å². The van der Waals surface area contributed by atoms with Crippen LogP contribution in [0.3, 0.4) is 0 Å². The summed E-state index contributed by atoms with van der Waals surface area (Å²) in [5.41, 5.74) is 0.280. The molecule has 0 N–H and O–H groups in total. The SMILES string of the molecule is CN(C)CCN(C)C(c1ccc(C(F)(F)F)cc1)P(c1ccccc1)c1ccccc1. The molecule has 0 spiro atoms. The number of likely N-dealkylation sites (N-methyl/N-ethyl adjacent to an activating group) is 2. The van der Waals surface area contributed by atoms with Crippen molar-refractivity contribution in [1.82, 2.24) is 9.80 Å². The summed E-state index contributed by atoms with van der Waals surface area (Å²) >= 11 is 0. The molecule has 0 bridgehead atoms. The maximum atomic E-state index is 13.2. The fraction of sp³-hybridized carbons (Fsp3) is 0.280. The van der Waals surface area contributed by atoms with Gasteiger partial charge in [-0.25, -0.2) is 0 Å². The van der Waals surface area contributed by atoms with Crippen molar-refractivity contribution in [3.05, 3.63) is 96.1 Å². The van der Waals surface area contributed by atoms with Crippen molar-refractivity contribution in [3.8, 4) is 0 Å². The lowest BCUT2D eigenvalue weighted by atomic mass is 10.1. The average Bonchev–Trinajstić information content (AvgIpc) is 2.76. The molecule has 0 saturated carbocycles. The van der Waals surface area contributed by atoms with Crippen molar-refractivity contribution >= 4 is 18.5 Å². The van der Waals surface area contributed by atoms with Gasteiger partial charge >= 0.3 is 6.18 Å². The molecule has 2 nitrogen and oxygen atoms in total. The number of hydrogen-bond donors (Lipinski definition) is 0. The molecule has 3 aromatic carbocycles. The van der Waals surface area contributed by atoms with Gasteiger partial charge in [0, 0.05) is 13.1 Å². The Morgan fingerprint density at radius 1 is 0.710 bits per heavy atom. The first-order chi connectivity index (χ1) is 14.8. The molecule has 1 atom stereocenters. The largest absolute Gasteiger partial charge is 0.416 e. The number of nitrogens with zero attached hydrogens (tertiary/aromatic N) is 2. The predicted molar refractivity (Wildman–Crippen MR) is 124 cm³/mol. The van der Waals surface area contributed by atoms with Gasteiger partial charge in [-0.3, -0.25) is 4.90 Å². The van der Waals surface area contributed by atoms with E-state index in [1.165, 1.54) is 22.7 Å². The minimum Gasteiger partial charge on any atom is -0.308 e. The fourth-order valence-corrected chi connectivity index (χ4v) is 6.36. The first-order valence-corrected chi connectivity index (χ1v) is 11.6. The van der Waals surface area contributed by atoms with Gasteiger partial charge in [-0.2, -0.15) is 13.2 Å². The van der Waals surface area contributed by atoms with Crippen LogP contribution in [0.25, 0.3) is 0 Å². The van der Waals surface area contributed by atoms with Crippen LogP contribution >= 0.6 is 7.92 Å². The highest BCUT2D eigenvalue weighted by molar-refractivity contribution is 7.73. The Bertz CT molecular complexity index is 889. The maximum Gasteiger partial charge on any atom is 0.416 e. The van der Waals surface area contributed by atoms with Crippen molar-refractivity contribution in [2.24, 2.45) is 0 Å². The normalized spacial score (nSPS) is 13.2. The monoisotopic (exact) mass is 444 g/mol. The summed E-state index contributed by atoms with van der Waals surface area (Å²) in [6, 6.07) is 26.2. The predicted octanol–water partition coefficient (Wildman–Crippen LogP) is 5.33. The van der Waals surface area contributed by atoms with E-state index >= 15 is 0 Å². The third-order valence-corrected chi connectivity index (χ3v) is 8.06. The highest BCUT2D eigenvalue weighted by Crippen LogP contribution is 2.51. The van der Waals surface area contributed by atoms with Gasteiger partial charge in [-0.1, -0.05) is 72.8 Å². The Hall–Kier alpha value is -2.20. The third kappa shape index (κ3) is 6.16. The summed E-state index contributed by atoms with van der Waals surface area (Å²) in [5.74, 6) is -0.0537. The molecule has 1 unspecified atom stereocenters. The highest BCUT2D eigenvalue weighted by Gasteiger charge is 2.33. The van der Waals surface area contributed by atoms with Gasteiger partial charge in [0.05, 0.1) is 11.3 Å². The van der Waals surface area contributed by atoms with Crippen molar-refractivity contribution in [3.63, 3.8) is 0 Å². The van der Waals surface area contributed by atoms with Crippen molar-refractivity contribution in [2.45, 2.75) is 12.0 Å². The lowest BCUT2D eigenvalue weighted by Crippen LogP contribution is -2.34. The summed E-state index contributed by atoms with van der Waals surface area (Å²) in [6.45, 7) is 1.66. The molecule has 164 valence electrons. The van der Waals surface area contributed by atoms with Crippen LogP contribution in [-0.4, -0.2) is 44.0 Å². The molecule has 0 aromatic heterocycles. The van der Waals surface area contributed by atoms with Crippen LogP contribution in [0.15, 0.2) is 84.9 Å². The summed E-state index contributed by atoms with van der Waals surface area (Å²) in [7, 11) is 5.24. The van der Waals surface area contributed by atoms with Gasteiger partial charge < -0.3 is 4.90 Å². The molecular weight excluding hydrogens is 416 g/mol. The van der Waals surface area contributed by atoms with Crippen molar-refractivity contribution < 1.29 is 13.2 Å². The molecule has 6 heteroatoms. The van der Waals surface area contributed by atoms with Crippen LogP contribution in [0.5, 0.6) is 0 Å². The Morgan fingerprint density at radius 2 is 1.19 bits per heavy atom. The minimum absolute atomic E-state index is 0.0537. The Balaban J connectivity index is 2.10. The molecule has 0 fully saturated rings. The van der Waals surface area contributed by atoms with Crippen LogP contribution in [-0.2, 0) is 6.18 Å². The van der Waals surface area contributed by atoms with E-state index in [-0.39, 0.29) is 5.78 Å². The Kier molecular flexibility index (Phi) is 7.88. The van der Waals surface area contributed by atoms with Gasteiger partial charge in [-0.05, 0) is 57.4 Å². The van der Waals surface area contributed by atoms with E-state index in [9.17, 15) is 13.2 Å². The number of alkyl halides is 3. The van der Waals surface area contributed by atoms with Gasteiger partial charge in [0.2, 0.25) is 0 Å². The Morgan fingerprint density at radius 3 is 1.61 bits per heavy atom. The second kappa shape index (κ2) is 10.4. The topological polar surface area (TPSA) is 6.48 Å². The molecule has 0 amide bonds. The molecule has 3 aromatic rings. The van der Waals surface area contributed by atoms with Crippen molar-refractivity contribution in [1.29, 1.82) is 0 Å². The minimum atomic E-state index is -4.34. The maximum absolute atomic E-state index is 13.2. The highest BCUT2D eigenvalue weighted by atomic mass is 31.1. The van der Waals surface area contributed by atoms with Crippen LogP contribution < -0.4 is 10.6 Å². The number of hydrogen-bond acceptors (Lipinski definition) is 2. The lowest BCUT2D eigenvalue weighted by Gasteiger charge is -2.36. The number of rotatable bonds is 8. The zero-order valence-electron chi connectivity index (χ0n) is 18.1. The molecule has 0 aliphatic carbocycles. The number of halogens is 3. The molecule has 0 aliphatic rings. The molecule has 0 saturated heterocycles. The summed E-state index contributed by atoms with van der Waals surface area (Å²) in [4.78, 5) is 4.39. The van der Waals surface area contributed by atoms with Crippen LogP contribution in [0.2, 0.25) is 0 Å². The molecular formula is C25H28F3N2P. The molecule has 3 rings (SSSR count). The van der Waals surface area contributed by atoms with Crippen LogP contribution in [0.4, 0.5) is 13.2 Å². The van der Waals surface area contributed by atoms with E-state index in [1.807, 2.05) is 50.5 Å². The second-order valence-corrected chi connectivity index (χ2v) is 10.1. The van der Waals surface area contributed by atoms with E-state index in [2.05, 4.69) is 41.1 Å². The van der Waals surface area contributed by atoms with Gasteiger partial charge in [0.1, 0.15) is 0 Å². The third-order valence-electron chi connectivity index (χ3n) is 5.17. The Labute approximate surface area is 184 Å². The molecule has 31 heavy (non-hydrogen) atoms. The van der Waals surface area contributed by atoms with Gasteiger partial charge in [0.25, 0.3) is 0 Å². The summed E-state index contributed by atoms with van der Waals surface area (Å²) < 4.78 is 39.5. The first kappa shape index (κ1) is 23.5. The van der Waals surface area contributed by atoms with E-state index in [0.717, 1.165) is 18.7 Å². The first-order valence-electron chi connectivity index (χ1n) is 10.2. The van der Waals surface area contributed by atoms with E-state index < -0.39 is 19.7 Å².